The van der Waals surface area contributed by atoms with Gasteiger partial charge in [0.15, 0.2) is 11.1 Å². The molecule has 0 saturated heterocycles. The normalized spacial score (nSPS) is 13.2. The van der Waals surface area contributed by atoms with E-state index in [0.717, 1.165) is 0 Å². The van der Waals surface area contributed by atoms with Crippen molar-refractivity contribution in [2.24, 2.45) is 0 Å². The third-order valence-corrected chi connectivity index (χ3v) is 2.66. The van der Waals surface area contributed by atoms with Crippen molar-refractivity contribution in [1.29, 1.82) is 0 Å². The molecule has 2 nitrogen and oxygen atoms in total. The van der Waals surface area contributed by atoms with Crippen molar-refractivity contribution in [1.82, 2.24) is 0 Å². The monoisotopic (exact) mass is 264 g/mol. The van der Waals surface area contributed by atoms with E-state index in [0.29, 0.717) is 25.0 Å². The molecule has 0 aliphatic carbocycles. The first-order chi connectivity index (χ1) is 8.00. The standard InChI is InChI=1S/C11H11F3O2S/c12-8-6-10(13)9(11(14)7-8)4-2-1-3-5-17(15)16/h2,4,6-7H,1,3,5H2,(H,15,16). The Labute approximate surface area is 99.4 Å². The van der Waals surface area contributed by atoms with Crippen molar-refractivity contribution in [2.75, 3.05) is 5.75 Å². The summed E-state index contributed by atoms with van der Waals surface area (Å²) in [7, 11) is 0. The lowest BCUT2D eigenvalue weighted by Crippen LogP contribution is -1.93. The van der Waals surface area contributed by atoms with Gasteiger partial charge in [-0.15, -0.1) is 0 Å². The minimum Gasteiger partial charge on any atom is -0.306 e. The topological polar surface area (TPSA) is 37.3 Å². The first-order valence-corrected chi connectivity index (χ1v) is 6.17. The van der Waals surface area contributed by atoms with E-state index in [4.69, 9.17) is 4.55 Å². The molecular formula is C11H11F3O2S. The van der Waals surface area contributed by atoms with Crippen LogP contribution in [-0.4, -0.2) is 14.5 Å². The van der Waals surface area contributed by atoms with Gasteiger partial charge >= 0.3 is 0 Å². The zero-order chi connectivity index (χ0) is 12.8. The van der Waals surface area contributed by atoms with Crippen LogP contribution in [0.4, 0.5) is 13.2 Å². The van der Waals surface area contributed by atoms with Crippen LogP contribution in [0.3, 0.4) is 0 Å². The molecule has 0 fully saturated rings. The van der Waals surface area contributed by atoms with Gasteiger partial charge in [-0.05, 0) is 12.8 Å². The number of hydrogen-bond acceptors (Lipinski definition) is 1. The molecule has 0 heterocycles. The lowest BCUT2D eigenvalue weighted by molar-refractivity contribution is 0.540. The fourth-order valence-electron chi connectivity index (χ4n) is 1.24. The van der Waals surface area contributed by atoms with Crippen molar-refractivity contribution >= 4 is 17.2 Å². The fraction of sp³-hybridized carbons (Fsp3) is 0.273. The van der Waals surface area contributed by atoms with E-state index in [-0.39, 0.29) is 11.3 Å². The fourth-order valence-corrected chi connectivity index (χ4v) is 1.65. The molecule has 0 aliphatic heterocycles. The van der Waals surface area contributed by atoms with Gasteiger partial charge < -0.3 is 4.55 Å². The largest absolute Gasteiger partial charge is 0.306 e. The third kappa shape index (κ3) is 4.70. The van der Waals surface area contributed by atoms with E-state index in [2.05, 4.69) is 0 Å². The first kappa shape index (κ1) is 13.9. The van der Waals surface area contributed by atoms with Gasteiger partial charge in [0.2, 0.25) is 0 Å². The Bertz CT molecular complexity index is 423. The Kier molecular flexibility index (Phi) is 5.37. The van der Waals surface area contributed by atoms with Crippen LogP contribution in [0.2, 0.25) is 0 Å². The molecule has 1 N–H and O–H groups in total. The lowest BCUT2D eigenvalue weighted by atomic mass is 10.1. The molecule has 17 heavy (non-hydrogen) atoms. The van der Waals surface area contributed by atoms with E-state index >= 15 is 0 Å². The second-order valence-electron chi connectivity index (χ2n) is 3.35. The number of hydrogen-bond donors (Lipinski definition) is 1. The van der Waals surface area contributed by atoms with Gasteiger partial charge in [0.25, 0.3) is 0 Å². The second-order valence-corrected chi connectivity index (χ2v) is 4.40. The minimum absolute atomic E-state index is 0.110. The molecule has 1 rings (SSSR count). The van der Waals surface area contributed by atoms with E-state index < -0.39 is 28.5 Å². The van der Waals surface area contributed by atoms with Crippen LogP contribution in [0.5, 0.6) is 0 Å². The van der Waals surface area contributed by atoms with Gasteiger partial charge in [-0.2, -0.15) is 0 Å². The molecule has 0 aromatic heterocycles. The van der Waals surface area contributed by atoms with Crippen LogP contribution in [0, 0.1) is 17.5 Å². The molecule has 0 aliphatic rings. The summed E-state index contributed by atoms with van der Waals surface area (Å²) in [6.07, 6.45) is 3.53. The average Bonchev–Trinajstić information content (AvgIpc) is 2.20. The minimum atomic E-state index is -1.86. The van der Waals surface area contributed by atoms with Gasteiger partial charge in [0.1, 0.15) is 17.5 Å². The maximum atomic E-state index is 13.1. The SMILES string of the molecule is O=S(O)CCCC=Cc1c(F)cc(F)cc1F. The van der Waals surface area contributed by atoms with Gasteiger partial charge in [-0.3, -0.25) is 0 Å². The summed E-state index contributed by atoms with van der Waals surface area (Å²) in [5.41, 5.74) is -0.309. The van der Waals surface area contributed by atoms with Crippen LogP contribution < -0.4 is 0 Å². The van der Waals surface area contributed by atoms with E-state index in [1.165, 1.54) is 12.2 Å². The lowest BCUT2D eigenvalue weighted by Gasteiger charge is -1.99. The molecule has 1 aromatic rings. The van der Waals surface area contributed by atoms with E-state index in [1.807, 2.05) is 0 Å². The van der Waals surface area contributed by atoms with Gasteiger partial charge in [0.05, 0.1) is 0 Å². The van der Waals surface area contributed by atoms with Crippen molar-refractivity contribution in [2.45, 2.75) is 12.8 Å². The molecule has 0 saturated carbocycles. The van der Waals surface area contributed by atoms with Crippen molar-refractivity contribution in [3.8, 4) is 0 Å². The maximum Gasteiger partial charge on any atom is 0.152 e. The Morgan fingerprint density at radius 3 is 2.35 bits per heavy atom. The summed E-state index contributed by atoms with van der Waals surface area (Å²) in [6.45, 7) is 0. The van der Waals surface area contributed by atoms with Crippen LogP contribution in [-0.2, 0) is 11.1 Å². The number of allylic oxidation sites excluding steroid dienone is 1. The molecule has 0 radical (unpaired) electrons. The van der Waals surface area contributed by atoms with Crippen LogP contribution in [0.25, 0.3) is 6.08 Å². The van der Waals surface area contributed by atoms with Crippen LogP contribution in [0.1, 0.15) is 18.4 Å². The smallest absolute Gasteiger partial charge is 0.152 e. The van der Waals surface area contributed by atoms with Gasteiger partial charge in [-0.25, -0.2) is 17.4 Å². The number of unbranched alkanes of at least 4 members (excludes halogenated alkanes) is 1. The zero-order valence-electron chi connectivity index (χ0n) is 8.83. The van der Waals surface area contributed by atoms with Crippen molar-refractivity contribution in [3.63, 3.8) is 0 Å². The summed E-state index contributed by atoms with van der Waals surface area (Å²) in [4.78, 5) is 0. The summed E-state index contributed by atoms with van der Waals surface area (Å²) in [6, 6.07) is 1.21. The summed E-state index contributed by atoms with van der Waals surface area (Å²) in [5, 5.41) is 0. The molecule has 1 aromatic carbocycles. The van der Waals surface area contributed by atoms with Crippen molar-refractivity contribution in [3.05, 3.63) is 41.2 Å². The van der Waals surface area contributed by atoms with Gasteiger partial charge in [0, 0.05) is 23.4 Å². The molecule has 0 spiro atoms. The molecule has 1 unspecified atom stereocenters. The van der Waals surface area contributed by atoms with E-state index in [9.17, 15) is 17.4 Å². The maximum absolute atomic E-state index is 13.1. The molecule has 0 bridgehead atoms. The summed E-state index contributed by atoms with van der Waals surface area (Å²) in [5.74, 6) is -2.79. The number of rotatable bonds is 5. The predicted octanol–water partition coefficient (Wildman–Crippen LogP) is 3.12. The van der Waals surface area contributed by atoms with Crippen LogP contribution in [0.15, 0.2) is 18.2 Å². The Morgan fingerprint density at radius 1 is 1.24 bits per heavy atom. The molecule has 1 atom stereocenters. The van der Waals surface area contributed by atoms with E-state index in [1.54, 1.807) is 0 Å². The Morgan fingerprint density at radius 2 is 1.82 bits per heavy atom. The first-order valence-electron chi connectivity index (χ1n) is 4.89. The zero-order valence-corrected chi connectivity index (χ0v) is 9.64. The van der Waals surface area contributed by atoms with Crippen molar-refractivity contribution < 1.29 is 21.9 Å². The highest BCUT2D eigenvalue weighted by Gasteiger charge is 2.07. The molecule has 0 amide bonds. The van der Waals surface area contributed by atoms with Gasteiger partial charge in [-0.1, -0.05) is 12.2 Å². The molecule has 6 heteroatoms. The molecular weight excluding hydrogens is 253 g/mol. The summed E-state index contributed by atoms with van der Waals surface area (Å²) >= 11 is -1.86. The summed E-state index contributed by atoms with van der Waals surface area (Å²) < 4.78 is 57.6. The average molecular weight is 264 g/mol. The Hall–Kier alpha value is -1.14. The predicted molar refractivity (Wildman–Crippen MR) is 60.2 cm³/mol. The quantitative estimate of drug-likeness (QED) is 0.655. The highest BCUT2D eigenvalue weighted by atomic mass is 32.2. The van der Waals surface area contributed by atoms with Crippen LogP contribution >= 0.6 is 0 Å². The number of benzene rings is 1. The Balaban J connectivity index is 2.62. The second kappa shape index (κ2) is 6.56. The highest BCUT2D eigenvalue weighted by molar-refractivity contribution is 7.79. The number of halogens is 3. The third-order valence-electron chi connectivity index (χ3n) is 2.02. The highest BCUT2D eigenvalue weighted by Crippen LogP contribution is 2.16. The molecule has 94 valence electrons.